The molecule has 0 spiro atoms. The van der Waals surface area contributed by atoms with Gasteiger partial charge in [0, 0.05) is 16.2 Å². The van der Waals surface area contributed by atoms with Crippen LogP contribution in [0.2, 0.25) is 0 Å². The summed E-state index contributed by atoms with van der Waals surface area (Å²) in [6.45, 7) is 1.94. The first-order valence-corrected chi connectivity index (χ1v) is 6.94. The van der Waals surface area contributed by atoms with Crippen molar-refractivity contribution < 1.29 is 9.90 Å². The van der Waals surface area contributed by atoms with E-state index in [1.165, 1.54) is 11.3 Å². The van der Waals surface area contributed by atoms with Crippen molar-refractivity contribution in [2.45, 2.75) is 18.5 Å². The molecule has 2 aromatic rings. The van der Waals surface area contributed by atoms with Gasteiger partial charge in [-0.15, -0.1) is 16.4 Å². The molecule has 0 amide bonds. The van der Waals surface area contributed by atoms with E-state index in [4.69, 9.17) is 0 Å². The first-order valence-electron chi connectivity index (χ1n) is 5.24. The van der Waals surface area contributed by atoms with Crippen molar-refractivity contribution >= 4 is 35.1 Å². The molecule has 0 atom stereocenters. The summed E-state index contributed by atoms with van der Waals surface area (Å²) in [5.74, 6) is -0.498. The van der Waals surface area contributed by atoms with Gasteiger partial charge in [-0.05, 0) is 29.3 Å². The van der Waals surface area contributed by atoms with Crippen molar-refractivity contribution in [1.29, 1.82) is 0 Å². The highest BCUT2D eigenvalue weighted by atomic mass is 32.2. The molecular weight excluding hydrogens is 270 g/mol. The smallest absolute Gasteiger partial charge is 0.213 e. The minimum Gasteiger partial charge on any atom is -0.544 e. The van der Waals surface area contributed by atoms with Crippen LogP contribution >= 0.6 is 23.1 Å². The lowest BCUT2D eigenvalue weighted by Crippen LogP contribution is -2.23. The number of H-pyrrole nitrogens is 1. The molecule has 0 aromatic carbocycles. The SMILES string of the molecule is CCc1nc(S/C(=C/c2cccs2)C(=O)[O-])n[nH]1. The molecule has 2 heterocycles. The molecule has 2 rings (SSSR count). The molecule has 1 N–H and O–H groups in total. The average Bonchev–Trinajstić information content (AvgIpc) is 2.99. The molecule has 7 heteroatoms. The topological polar surface area (TPSA) is 81.7 Å². The number of carboxylic acid groups (broad SMARTS) is 1. The van der Waals surface area contributed by atoms with Crippen LogP contribution in [0.25, 0.3) is 6.08 Å². The molecule has 0 aliphatic heterocycles. The number of thioether (sulfide) groups is 1. The molecule has 18 heavy (non-hydrogen) atoms. The van der Waals surface area contributed by atoms with Crippen LogP contribution in [-0.2, 0) is 11.2 Å². The largest absolute Gasteiger partial charge is 0.544 e. The summed E-state index contributed by atoms with van der Waals surface area (Å²) < 4.78 is 0. The van der Waals surface area contributed by atoms with E-state index in [0.717, 1.165) is 28.9 Å². The zero-order valence-electron chi connectivity index (χ0n) is 9.54. The minimum absolute atomic E-state index is 0.0964. The van der Waals surface area contributed by atoms with Crippen LogP contribution in [0.1, 0.15) is 17.6 Å². The van der Waals surface area contributed by atoms with E-state index >= 15 is 0 Å². The number of nitrogens with one attached hydrogen (secondary N) is 1. The molecular formula is C11H10N3O2S2-. The van der Waals surface area contributed by atoms with E-state index in [1.807, 2.05) is 24.4 Å². The molecule has 0 bridgehead atoms. The number of hydrogen-bond acceptors (Lipinski definition) is 6. The highest BCUT2D eigenvalue weighted by Gasteiger charge is 2.08. The number of aromatic amines is 1. The monoisotopic (exact) mass is 280 g/mol. The number of thiophene rings is 1. The summed E-state index contributed by atoms with van der Waals surface area (Å²) in [7, 11) is 0. The van der Waals surface area contributed by atoms with E-state index in [-0.39, 0.29) is 4.91 Å². The Balaban J connectivity index is 2.19. The number of aliphatic carboxylic acids is 1. The summed E-state index contributed by atoms with van der Waals surface area (Å²) in [6, 6.07) is 3.69. The van der Waals surface area contributed by atoms with Gasteiger partial charge in [-0.3, -0.25) is 5.10 Å². The second-order valence-corrected chi connectivity index (χ2v) is 5.32. The van der Waals surface area contributed by atoms with Crippen LogP contribution in [0.4, 0.5) is 0 Å². The van der Waals surface area contributed by atoms with Gasteiger partial charge in [0.25, 0.3) is 0 Å². The zero-order valence-corrected chi connectivity index (χ0v) is 11.2. The lowest BCUT2D eigenvalue weighted by Gasteiger charge is -2.04. The van der Waals surface area contributed by atoms with Crippen molar-refractivity contribution in [3.63, 3.8) is 0 Å². The van der Waals surface area contributed by atoms with Gasteiger partial charge < -0.3 is 9.90 Å². The second kappa shape index (κ2) is 5.83. The van der Waals surface area contributed by atoms with Gasteiger partial charge in [-0.25, -0.2) is 4.98 Å². The first-order chi connectivity index (χ1) is 8.69. The number of rotatable bonds is 5. The van der Waals surface area contributed by atoms with Crippen molar-refractivity contribution in [2.75, 3.05) is 0 Å². The number of aromatic nitrogens is 3. The Morgan fingerprint density at radius 1 is 1.67 bits per heavy atom. The molecule has 94 valence electrons. The Morgan fingerprint density at radius 2 is 2.50 bits per heavy atom. The summed E-state index contributed by atoms with van der Waals surface area (Å²) in [6.07, 6.45) is 2.29. The highest BCUT2D eigenvalue weighted by Crippen LogP contribution is 2.26. The van der Waals surface area contributed by atoms with Crippen LogP contribution in [0.5, 0.6) is 0 Å². The number of carbonyl (C=O) groups excluding carboxylic acids is 1. The maximum atomic E-state index is 11.0. The van der Waals surface area contributed by atoms with E-state index in [2.05, 4.69) is 15.2 Å². The Morgan fingerprint density at radius 3 is 3.06 bits per heavy atom. The van der Waals surface area contributed by atoms with Gasteiger partial charge in [0.15, 0.2) is 0 Å². The molecule has 0 fully saturated rings. The van der Waals surface area contributed by atoms with Crippen molar-refractivity contribution in [3.05, 3.63) is 33.1 Å². The quantitative estimate of drug-likeness (QED) is 0.659. The van der Waals surface area contributed by atoms with Crippen molar-refractivity contribution in [3.8, 4) is 0 Å². The number of nitrogens with zero attached hydrogens (tertiary/aromatic N) is 2. The standard InChI is InChI=1S/C11H11N3O2S2/c1-2-9-12-11(14-13-9)18-8(10(15)16)6-7-4-3-5-17-7/h3-6H,2H2,1H3,(H,15,16)(H,12,13,14)/p-1/b8-6+. The number of carbonyl (C=O) groups is 1. The average molecular weight is 280 g/mol. The van der Waals surface area contributed by atoms with Crippen LogP contribution in [-0.4, -0.2) is 21.2 Å². The van der Waals surface area contributed by atoms with Crippen LogP contribution in [0.15, 0.2) is 27.6 Å². The fourth-order valence-corrected chi connectivity index (χ4v) is 2.66. The van der Waals surface area contributed by atoms with E-state index in [0.29, 0.717) is 5.16 Å². The van der Waals surface area contributed by atoms with Crippen LogP contribution in [0.3, 0.4) is 0 Å². The first kappa shape index (κ1) is 12.8. The number of carboxylic acids is 1. The van der Waals surface area contributed by atoms with Crippen molar-refractivity contribution in [1.82, 2.24) is 15.2 Å². The van der Waals surface area contributed by atoms with Gasteiger partial charge in [0.1, 0.15) is 5.82 Å². The maximum absolute atomic E-state index is 11.0. The number of aryl methyl sites for hydroxylation is 1. The fraction of sp³-hybridized carbons (Fsp3) is 0.182. The molecule has 0 saturated carbocycles. The van der Waals surface area contributed by atoms with E-state index in [9.17, 15) is 9.90 Å². The summed E-state index contributed by atoms with van der Waals surface area (Å²) >= 11 is 2.44. The van der Waals surface area contributed by atoms with E-state index in [1.54, 1.807) is 6.08 Å². The van der Waals surface area contributed by atoms with Crippen LogP contribution < -0.4 is 5.11 Å². The molecule has 0 aliphatic carbocycles. The van der Waals surface area contributed by atoms with Crippen molar-refractivity contribution in [2.24, 2.45) is 0 Å². The Labute approximate surface area is 112 Å². The zero-order chi connectivity index (χ0) is 13.0. The third-order valence-electron chi connectivity index (χ3n) is 2.07. The second-order valence-electron chi connectivity index (χ2n) is 3.33. The van der Waals surface area contributed by atoms with E-state index < -0.39 is 5.97 Å². The van der Waals surface area contributed by atoms with Gasteiger partial charge in [0.05, 0.1) is 5.97 Å². The van der Waals surface area contributed by atoms with Gasteiger partial charge in [0.2, 0.25) is 5.16 Å². The normalized spacial score (nSPS) is 11.7. The fourth-order valence-electron chi connectivity index (χ4n) is 1.21. The summed E-state index contributed by atoms with van der Waals surface area (Å²) in [5, 5.41) is 20.0. The third kappa shape index (κ3) is 3.21. The van der Waals surface area contributed by atoms with Gasteiger partial charge >= 0.3 is 0 Å². The Hall–Kier alpha value is -1.60. The number of hydrogen-bond donors (Lipinski definition) is 1. The molecule has 0 aliphatic rings. The molecule has 5 nitrogen and oxygen atoms in total. The maximum Gasteiger partial charge on any atom is 0.213 e. The summed E-state index contributed by atoms with van der Waals surface area (Å²) in [5.41, 5.74) is 0. The minimum atomic E-state index is -1.23. The molecule has 0 unspecified atom stereocenters. The lowest BCUT2D eigenvalue weighted by molar-refractivity contribution is -0.297. The third-order valence-corrected chi connectivity index (χ3v) is 3.75. The van der Waals surface area contributed by atoms with Gasteiger partial charge in [-0.2, -0.15) is 0 Å². The molecule has 0 saturated heterocycles. The highest BCUT2D eigenvalue weighted by molar-refractivity contribution is 8.04. The Kier molecular flexibility index (Phi) is 4.16. The molecule has 0 radical (unpaired) electrons. The lowest BCUT2D eigenvalue weighted by atomic mass is 10.4. The summed E-state index contributed by atoms with van der Waals surface area (Å²) in [4.78, 5) is 16.1. The Bertz CT molecular complexity index is 561. The predicted molar refractivity (Wildman–Crippen MR) is 68.9 cm³/mol. The van der Waals surface area contributed by atoms with Gasteiger partial charge in [-0.1, -0.05) is 13.0 Å². The molecule has 2 aromatic heterocycles. The van der Waals surface area contributed by atoms with Crippen LogP contribution in [0, 0.1) is 0 Å². The predicted octanol–water partition coefficient (Wildman–Crippen LogP) is 1.31.